The summed E-state index contributed by atoms with van der Waals surface area (Å²) in [4.78, 5) is 4.25. The molecule has 0 amide bonds. The highest BCUT2D eigenvalue weighted by Gasteiger charge is 2.11. The van der Waals surface area contributed by atoms with Gasteiger partial charge in [0.1, 0.15) is 12.2 Å². The number of nitrogens with zero attached hydrogens (tertiary/aromatic N) is 1. The minimum Gasteiger partial charge on any atom is -0.493 e. The fraction of sp³-hybridized carbons (Fsp3) is 0.409. The lowest BCUT2D eigenvalue weighted by atomic mass is 10.3. The highest BCUT2D eigenvalue weighted by atomic mass is 16.5. The van der Waals surface area contributed by atoms with Crippen LogP contribution in [0.5, 0.6) is 23.0 Å². The first-order chi connectivity index (χ1) is 14.1. The number of hydrogen-bond donors (Lipinski definition) is 2. The molecule has 0 bridgehead atoms. The highest BCUT2D eigenvalue weighted by Crippen LogP contribution is 2.27. The molecule has 0 radical (unpaired) electrons. The number of methoxy groups -OCH3 is 2. The molecule has 2 aromatic carbocycles. The molecule has 29 heavy (non-hydrogen) atoms. The summed E-state index contributed by atoms with van der Waals surface area (Å²) in [6.07, 6.45) is -0.154. The number of ether oxygens (including phenoxy) is 4. The number of guanidine groups is 1. The molecule has 7 nitrogen and oxygen atoms in total. The summed E-state index contributed by atoms with van der Waals surface area (Å²) >= 11 is 0. The number of aliphatic imine (C=N–C) groups is 1. The number of nitrogens with one attached hydrogen (secondary N) is 2. The van der Waals surface area contributed by atoms with E-state index in [9.17, 15) is 0 Å². The smallest absolute Gasteiger partial charge is 0.191 e. The maximum absolute atomic E-state index is 5.95. The second-order valence-corrected chi connectivity index (χ2v) is 6.49. The molecule has 0 aliphatic carbocycles. The van der Waals surface area contributed by atoms with Crippen LogP contribution in [0.1, 0.15) is 13.8 Å². The van der Waals surface area contributed by atoms with E-state index in [4.69, 9.17) is 18.9 Å². The fourth-order valence-electron chi connectivity index (χ4n) is 2.65. The minimum absolute atomic E-state index is 0.0768. The standard InChI is InChI=1S/C22H31N3O4/c1-16(28-20-12-8-6-10-18(20)26-4)14-24-22(23-3)25-15-17(2)29-21-13-9-7-11-19(21)27-5/h6-13,16-17H,14-15H2,1-5H3,(H2,23,24,25). The minimum atomic E-state index is -0.0768. The van der Waals surface area contributed by atoms with Gasteiger partial charge in [-0.1, -0.05) is 24.3 Å². The third-order valence-corrected chi connectivity index (χ3v) is 4.13. The van der Waals surface area contributed by atoms with E-state index < -0.39 is 0 Å². The molecule has 0 saturated carbocycles. The Labute approximate surface area is 173 Å². The second kappa shape index (κ2) is 11.7. The molecule has 2 aromatic rings. The summed E-state index contributed by atoms with van der Waals surface area (Å²) < 4.78 is 22.5. The Morgan fingerprint density at radius 2 is 1.14 bits per heavy atom. The van der Waals surface area contributed by atoms with E-state index >= 15 is 0 Å². The summed E-state index contributed by atoms with van der Waals surface area (Å²) in [5.74, 6) is 3.53. The lowest BCUT2D eigenvalue weighted by Crippen LogP contribution is -2.44. The van der Waals surface area contributed by atoms with E-state index in [1.165, 1.54) is 0 Å². The molecule has 0 fully saturated rings. The van der Waals surface area contributed by atoms with Gasteiger partial charge >= 0.3 is 0 Å². The zero-order valence-corrected chi connectivity index (χ0v) is 17.8. The van der Waals surface area contributed by atoms with E-state index in [2.05, 4.69) is 15.6 Å². The number of benzene rings is 2. The van der Waals surface area contributed by atoms with Crippen molar-refractivity contribution in [3.63, 3.8) is 0 Å². The van der Waals surface area contributed by atoms with Crippen molar-refractivity contribution in [2.24, 2.45) is 4.99 Å². The number of hydrogen-bond acceptors (Lipinski definition) is 5. The fourth-order valence-corrected chi connectivity index (χ4v) is 2.65. The van der Waals surface area contributed by atoms with Crippen LogP contribution in [0.2, 0.25) is 0 Å². The highest BCUT2D eigenvalue weighted by molar-refractivity contribution is 5.79. The Morgan fingerprint density at radius 3 is 1.48 bits per heavy atom. The molecule has 2 atom stereocenters. The Hall–Kier alpha value is -3.09. The van der Waals surface area contributed by atoms with Crippen molar-refractivity contribution in [2.45, 2.75) is 26.1 Å². The van der Waals surface area contributed by atoms with Gasteiger partial charge in [0.2, 0.25) is 0 Å². The van der Waals surface area contributed by atoms with Crippen LogP contribution in [0.3, 0.4) is 0 Å². The largest absolute Gasteiger partial charge is 0.493 e. The molecule has 7 heteroatoms. The zero-order valence-electron chi connectivity index (χ0n) is 17.8. The summed E-state index contributed by atoms with van der Waals surface area (Å²) in [5.41, 5.74) is 0. The Kier molecular flexibility index (Phi) is 8.95. The number of rotatable bonds is 10. The van der Waals surface area contributed by atoms with Gasteiger partial charge in [-0.15, -0.1) is 0 Å². The van der Waals surface area contributed by atoms with E-state index in [1.54, 1.807) is 21.3 Å². The quantitative estimate of drug-likeness (QED) is 0.471. The van der Waals surface area contributed by atoms with Crippen LogP contribution < -0.4 is 29.6 Å². The second-order valence-electron chi connectivity index (χ2n) is 6.49. The average molecular weight is 402 g/mol. The van der Waals surface area contributed by atoms with Crippen LogP contribution >= 0.6 is 0 Å². The molecule has 2 N–H and O–H groups in total. The Bertz CT molecular complexity index is 721. The van der Waals surface area contributed by atoms with E-state index in [0.29, 0.717) is 42.0 Å². The van der Waals surface area contributed by atoms with Crippen LogP contribution in [0.4, 0.5) is 0 Å². The molecular formula is C22H31N3O4. The maximum Gasteiger partial charge on any atom is 0.191 e. The van der Waals surface area contributed by atoms with Gasteiger partial charge in [-0.3, -0.25) is 4.99 Å². The van der Waals surface area contributed by atoms with E-state index in [0.717, 1.165) is 0 Å². The van der Waals surface area contributed by atoms with Crippen molar-refractivity contribution >= 4 is 5.96 Å². The molecule has 0 saturated heterocycles. The predicted molar refractivity (Wildman–Crippen MR) is 116 cm³/mol. The molecule has 2 unspecified atom stereocenters. The third-order valence-electron chi connectivity index (χ3n) is 4.13. The number of para-hydroxylation sites is 4. The summed E-state index contributed by atoms with van der Waals surface area (Å²) in [6.45, 7) is 5.14. The van der Waals surface area contributed by atoms with Crippen LogP contribution in [0.15, 0.2) is 53.5 Å². The van der Waals surface area contributed by atoms with Crippen molar-refractivity contribution in [1.29, 1.82) is 0 Å². The third kappa shape index (κ3) is 7.10. The first-order valence-electron chi connectivity index (χ1n) is 9.61. The van der Waals surface area contributed by atoms with Crippen molar-refractivity contribution in [3.05, 3.63) is 48.5 Å². The first kappa shape index (κ1) is 22.2. The molecule has 0 spiro atoms. The van der Waals surface area contributed by atoms with Gasteiger partial charge in [0, 0.05) is 7.05 Å². The van der Waals surface area contributed by atoms with E-state index in [-0.39, 0.29) is 12.2 Å². The van der Waals surface area contributed by atoms with Gasteiger partial charge in [0.05, 0.1) is 27.3 Å². The molecule has 2 rings (SSSR count). The molecule has 0 heterocycles. The van der Waals surface area contributed by atoms with Crippen molar-refractivity contribution in [3.8, 4) is 23.0 Å². The average Bonchev–Trinajstić information content (AvgIpc) is 2.74. The van der Waals surface area contributed by atoms with Gasteiger partial charge in [-0.2, -0.15) is 0 Å². The van der Waals surface area contributed by atoms with Crippen molar-refractivity contribution in [1.82, 2.24) is 10.6 Å². The normalized spacial score (nSPS) is 12.3. The van der Waals surface area contributed by atoms with Crippen LogP contribution in [-0.2, 0) is 0 Å². The molecule has 0 aromatic heterocycles. The van der Waals surface area contributed by atoms with Crippen molar-refractivity contribution < 1.29 is 18.9 Å². The topological polar surface area (TPSA) is 73.3 Å². The van der Waals surface area contributed by atoms with Gasteiger partial charge in [0.15, 0.2) is 29.0 Å². The van der Waals surface area contributed by atoms with Gasteiger partial charge in [0.25, 0.3) is 0 Å². The molecule has 0 aliphatic rings. The first-order valence-corrected chi connectivity index (χ1v) is 9.61. The van der Waals surface area contributed by atoms with Gasteiger partial charge < -0.3 is 29.6 Å². The molecule has 158 valence electrons. The van der Waals surface area contributed by atoms with Crippen LogP contribution in [-0.4, -0.2) is 52.5 Å². The zero-order chi connectivity index (χ0) is 21.1. The summed E-state index contributed by atoms with van der Waals surface area (Å²) in [6, 6.07) is 15.2. The lowest BCUT2D eigenvalue weighted by molar-refractivity contribution is 0.209. The monoisotopic (exact) mass is 401 g/mol. The lowest BCUT2D eigenvalue weighted by Gasteiger charge is -2.21. The van der Waals surface area contributed by atoms with Crippen LogP contribution in [0, 0.1) is 0 Å². The van der Waals surface area contributed by atoms with Crippen LogP contribution in [0.25, 0.3) is 0 Å². The maximum atomic E-state index is 5.95. The molecular weight excluding hydrogens is 370 g/mol. The van der Waals surface area contributed by atoms with Gasteiger partial charge in [-0.05, 0) is 38.1 Å². The Balaban J connectivity index is 1.78. The molecule has 0 aliphatic heterocycles. The predicted octanol–water partition coefficient (Wildman–Crippen LogP) is 3.10. The Morgan fingerprint density at radius 1 is 0.759 bits per heavy atom. The SMILES string of the molecule is CN=C(NCC(C)Oc1ccccc1OC)NCC(C)Oc1ccccc1OC. The van der Waals surface area contributed by atoms with Crippen molar-refractivity contribution in [2.75, 3.05) is 34.4 Å². The van der Waals surface area contributed by atoms with E-state index in [1.807, 2.05) is 62.4 Å². The van der Waals surface area contributed by atoms with Gasteiger partial charge in [-0.25, -0.2) is 0 Å². The summed E-state index contributed by atoms with van der Waals surface area (Å²) in [7, 11) is 4.99. The summed E-state index contributed by atoms with van der Waals surface area (Å²) in [5, 5.41) is 6.52.